The lowest BCUT2D eigenvalue weighted by molar-refractivity contribution is -0.192. The molecule has 0 bridgehead atoms. The minimum atomic E-state index is -5.08. The van der Waals surface area contributed by atoms with Crippen molar-refractivity contribution in [2.24, 2.45) is 0 Å². The van der Waals surface area contributed by atoms with E-state index in [2.05, 4.69) is 20.3 Å². The number of carboxylic acids is 1. The molecule has 166 valence electrons. The number of rotatable bonds is 2. The molecule has 12 heteroatoms. The third kappa shape index (κ3) is 5.25. The van der Waals surface area contributed by atoms with Gasteiger partial charge in [-0.3, -0.25) is 9.78 Å². The van der Waals surface area contributed by atoms with Gasteiger partial charge in [-0.2, -0.15) is 13.2 Å². The van der Waals surface area contributed by atoms with E-state index in [0.29, 0.717) is 12.4 Å². The number of carboxylic acid groups (broad SMARTS) is 1. The summed E-state index contributed by atoms with van der Waals surface area (Å²) in [5.41, 5.74) is 0.860. The number of anilines is 1. The smallest absolute Gasteiger partial charge is 0.475 e. The number of nitrogens with zero attached hydrogens (tertiary/aromatic N) is 4. The monoisotopic (exact) mass is 441 g/mol. The summed E-state index contributed by atoms with van der Waals surface area (Å²) in [6.45, 7) is 1.45. The molecule has 2 saturated heterocycles. The molecular formula is C19H19F4N5O3. The van der Waals surface area contributed by atoms with E-state index >= 15 is 0 Å². The quantitative estimate of drug-likeness (QED) is 0.689. The average Bonchev–Trinajstić information content (AvgIpc) is 3.05. The Morgan fingerprint density at radius 2 is 1.81 bits per heavy atom. The van der Waals surface area contributed by atoms with Crippen LogP contribution in [0.4, 0.5) is 23.5 Å². The van der Waals surface area contributed by atoms with Crippen molar-refractivity contribution in [1.29, 1.82) is 0 Å². The van der Waals surface area contributed by atoms with E-state index in [1.807, 2.05) is 23.2 Å². The Kier molecular flexibility index (Phi) is 6.37. The summed E-state index contributed by atoms with van der Waals surface area (Å²) in [6.07, 6.45) is 2.98. The van der Waals surface area contributed by atoms with E-state index in [1.165, 1.54) is 12.4 Å². The van der Waals surface area contributed by atoms with Crippen LogP contribution in [0.5, 0.6) is 0 Å². The highest BCUT2D eigenvalue weighted by Crippen LogP contribution is 2.43. The number of pyridine rings is 1. The molecule has 2 aromatic rings. The second-order valence-electron chi connectivity index (χ2n) is 7.24. The number of halogens is 4. The third-order valence-electron chi connectivity index (χ3n) is 5.32. The zero-order chi connectivity index (χ0) is 22.6. The predicted octanol–water partition coefficient (Wildman–Crippen LogP) is 2.29. The zero-order valence-electron chi connectivity index (χ0n) is 16.1. The van der Waals surface area contributed by atoms with Gasteiger partial charge in [0, 0.05) is 37.8 Å². The van der Waals surface area contributed by atoms with Crippen molar-refractivity contribution in [2.75, 3.05) is 18.0 Å². The van der Waals surface area contributed by atoms with E-state index in [1.54, 1.807) is 6.20 Å². The Balaban J connectivity index is 0.000000339. The number of amides is 1. The largest absolute Gasteiger partial charge is 0.490 e. The molecule has 8 nitrogen and oxygen atoms in total. The topological polar surface area (TPSA) is 108 Å². The molecule has 2 fully saturated rings. The highest BCUT2D eigenvalue weighted by Gasteiger charge is 2.49. The van der Waals surface area contributed by atoms with E-state index < -0.39 is 18.0 Å². The van der Waals surface area contributed by atoms with Crippen molar-refractivity contribution in [1.82, 2.24) is 20.3 Å². The summed E-state index contributed by atoms with van der Waals surface area (Å²) < 4.78 is 44.7. The molecule has 0 saturated carbocycles. The second-order valence-corrected chi connectivity index (χ2v) is 7.24. The van der Waals surface area contributed by atoms with Crippen LogP contribution < -0.4 is 10.2 Å². The van der Waals surface area contributed by atoms with Gasteiger partial charge in [-0.25, -0.2) is 19.2 Å². The number of carbonyl (C=O) groups is 2. The molecule has 1 unspecified atom stereocenters. The maximum Gasteiger partial charge on any atom is 0.490 e. The fourth-order valence-corrected chi connectivity index (χ4v) is 3.86. The molecule has 4 rings (SSSR count). The molecule has 2 N–H and O–H groups in total. The molecular weight excluding hydrogens is 422 g/mol. The van der Waals surface area contributed by atoms with Gasteiger partial charge in [-0.1, -0.05) is 6.07 Å². The minimum absolute atomic E-state index is 0.0929. The van der Waals surface area contributed by atoms with E-state index in [4.69, 9.17) is 9.90 Å². The normalized spacial score (nSPS) is 20.1. The van der Waals surface area contributed by atoms with Crippen molar-refractivity contribution < 1.29 is 32.3 Å². The number of hydrogen-bond acceptors (Lipinski definition) is 6. The Morgan fingerprint density at radius 3 is 2.32 bits per heavy atom. The molecule has 2 aliphatic heterocycles. The van der Waals surface area contributed by atoms with Crippen molar-refractivity contribution in [3.8, 4) is 0 Å². The highest BCUT2D eigenvalue weighted by molar-refractivity contribution is 5.81. The van der Waals surface area contributed by atoms with Crippen LogP contribution in [-0.2, 0) is 9.59 Å². The Morgan fingerprint density at radius 1 is 1.19 bits per heavy atom. The van der Waals surface area contributed by atoms with Gasteiger partial charge >= 0.3 is 12.1 Å². The van der Waals surface area contributed by atoms with E-state index in [-0.39, 0.29) is 17.4 Å². The maximum atomic E-state index is 13.0. The number of piperidine rings is 1. The third-order valence-corrected chi connectivity index (χ3v) is 5.32. The van der Waals surface area contributed by atoms with Gasteiger partial charge < -0.3 is 15.3 Å². The number of alkyl halides is 3. The maximum absolute atomic E-state index is 13.0. The average molecular weight is 441 g/mol. The van der Waals surface area contributed by atoms with Crippen LogP contribution >= 0.6 is 0 Å². The summed E-state index contributed by atoms with van der Waals surface area (Å²) in [5, 5.41) is 10.3. The molecule has 0 radical (unpaired) electrons. The van der Waals surface area contributed by atoms with Crippen molar-refractivity contribution in [2.45, 2.75) is 36.9 Å². The summed E-state index contributed by atoms with van der Waals surface area (Å²) in [4.78, 5) is 35.3. The first-order chi connectivity index (χ1) is 14.6. The SMILES string of the molecule is O=C(O)C(F)(F)F.O=C1CC(c2cccnc2)C2(CCN(c3ncc(F)cn3)CC2)N1. The molecule has 4 heterocycles. The molecule has 31 heavy (non-hydrogen) atoms. The van der Waals surface area contributed by atoms with Gasteiger partial charge in [0.25, 0.3) is 0 Å². The van der Waals surface area contributed by atoms with Crippen LogP contribution in [0.15, 0.2) is 36.9 Å². The van der Waals surface area contributed by atoms with Crippen LogP contribution in [0.1, 0.15) is 30.7 Å². The van der Waals surface area contributed by atoms with Gasteiger partial charge in [0.1, 0.15) is 0 Å². The van der Waals surface area contributed by atoms with E-state index in [0.717, 1.165) is 31.5 Å². The lowest BCUT2D eigenvalue weighted by atomic mass is 9.75. The Hall–Kier alpha value is -3.31. The van der Waals surface area contributed by atoms with Gasteiger partial charge in [0.05, 0.1) is 17.9 Å². The number of nitrogens with one attached hydrogen (secondary N) is 1. The lowest BCUT2D eigenvalue weighted by Gasteiger charge is -2.42. The van der Waals surface area contributed by atoms with Crippen LogP contribution in [0.3, 0.4) is 0 Å². The van der Waals surface area contributed by atoms with Crippen molar-refractivity contribution in [3.63, 3.8) is 0 Å². The first-order valence-corrected chi connectivity index (χ1v) is 9.34. The number of aliphatic carboxylic acids is 1. The van der Waals surface area contributed by atoms with Gasteiger partial charge in [-0.15, -0.1) is 0 Å². The molecule has 1 atom stereocenters. The molecule has 2 aromatic heterocycles. The zero-order valence-corrected chi connectivity index (χ0v) is 16.1. The molecule has 1 amide bonds. The molecule has 0 aliphatic carbocycles. The van der Waals surface area contributed by atoms with E-state index in [9.17, 15) is 22.4 Å². The summed E-state index contributed by atoms with van der Waals surface area (Å²) in [7, 11) is 0. The first-order valence-electron chi connectivity index (χ1n) is 9.34. The van der Waals surface area contributed by atoms with Crippen LogP contribution in [0.2, 0.25) is 0 Å². The van der Waals surface area contributed by atoms with Crippen molar-refractivity contribution >= 4 is 17.8 Å². The molecule has 2 aliphatic rings. The first kappa shape index (κ1) is 22.4. The minimum Gasteiger partial charge on any atom is -0.475 e. The lowest BCUT2D eigenvalue weighted by Crippen LogP contribution is -2.53. The van der Waals surface area contributed by atoms with Crippen LogP contribution in [-0.4, -0.2) is 56.7 Å². The number of carbonyl (C=O) groups excluding carboxylic acids is 1. The predicted molar refractivity (Wildman–Crippen MR) is 99.6 cm³/mol. The van der Waals surface area contributed by atoms with Gasteiger partial charge in [0.15, 0.2) is 5.82 Å². The summed E-state index contributed by atoms with van der Waals surface area (Å²) in [6, 6.07) is 3.95. The molecule has 1 spiro atoms. The van der Waals surface area contributed by atoms with Crippen molar-refractivity contribution in [3.05, 3.63) is 48.3 Å². The standard InChI is InChI=1S/C17H18FN5O.C2HF3O2/c18-13-10-20-16(21-11-13)23-6-3-17(4-7-23)14(8-15(24)22-17)12-2-1-5-19-9-12;3-2(4,5)1(6)7/h1-2,5,9-11,14H,3-4,6-8H2,(H,22,24);(H,6,7). The fourth-order valence-electron chi connectivity index (χ4n) is 3.86. The summed E-state index contributed by atoms with van der Waals surface area (Å²) >= 11 is 0. The van der Waals surface area contributed by atoms with Gasteiger partial charge in [0.2, 0.25) is 11.9 Å². The fraction of sp³-hybridized carbons (Fsp3) is 0.421. The Bertz CT molecular complexity index is 916. The van der Waals surface area contributed by atoms with Crippen LogP contribution in [0.25, 0.3) is 0 Å². The highest BCUT2D eigenvalue weighted by atomic mass is 19.4. The molecule has 0 aromatic carbocycles. The summed E-state index contributed by atoms with van der Waals surface area (Å²) in [5.74, 6) is -2.43. The number of hydrogen-bond donors (Lipinski definition) is 2. The van der Waals surface area contributed by atoms with Crippen LogP contribution in [0, 0.1) is 5.82 Å². The van der Waals surface area contributed by atoms with Gasteiger partial charge in [-0.05, 0) is 24.5 Å². The number of aromatic nitrogens is 3. The second kappa shape index (κ2) is 8.82. The Labute approximate surface area is 174 Å².